The lowest BCUT2D eigenvalue weighted by molar-refractivity contribution is 0.0497. The summed E-state index contributed by atoms with van der Waals surface area (Å²) >= 11 is 0. The number of hydrogen-bond donors (Lipinski definition) is 3. The van der Waals surface area contributed by atoms with Crippen LogP contribution < -0.4 is 26.2 Å². The fraction of sp³-hybridized carbons (Fsp3) is 0.433. The van der Waals surface area contributed by atoms with Crippen molar-refractivity contribution in [3.8, 4) is 0 Å². The predicted molar refractivity (Wildman–Crippen MR) is 165 cm³/mol. The third-order valence-corrected chi connectivity index (χ3v) is 8.27. The lowest BCUT2D eigenvalue weighted by atomic mass is 10.0. The van der Waals surface area contributed by atoms with Gasteiger partial charge in [0.2, 0.25) is 5.95 Å². The Balaban J connectivity index is 1.40. The van der Waals surface area contributed by atoms with Crippen LogP contribution in [0.1, 0.15) is 44.7 Å². The first-order valence-electron chi connectivity index (χ1n) is 13.7. The summed E-state index contributed by atoms with van der Waals surface area (Å²) < 4.78 is 18.2. The van der Waals surface area contributed by atoms with E-state index >= 15 is 0 Å². The second-order valence-corrected chi connectivity index (χ2v) is 14.9. The highest BCUT2D eigenvalue weighted by molar-refractivity contribution is 7.70. The van der Waals surface area contributed by atoms with Crippen molar-refractivity contribution in [2.75, 3.05) is 42.0 Å². The van der Waals surface area contributed by atoms with Gasteiger partial charge in [-0.05, 0) is 96.7 Å². The van der Waals surface area contributed by atoms with Crippen molar-refractivity contribution in [1.29, 1.82) is 0 Å². The van der Waals surface area contributed by atoms with Gasteiger partial charge in [0.05, 0.1) is 5.69 Å². The number of para-hydroxylation sites is 1. The number of aromatic nitrogens is 2. The van der Waals surface area contributed by atoms with Crippen molar-refractivity contribution >= 4 is 47.4 Å². The Hall–Kier alpha value is -3.58. The molecule has 1 aliphatic heterocycles. The molecule has 1 fully saturated rings. The summed E-state index contributed by atoms with van der Waals surface area (Å²) in [6.07, 6.45) is 3.14. The van der Waals surface area contributed by atoms with Crippen LogP contribution in [0.25, 0.3) is 0 Å². The van der Waals surface area contributed by atoms with Crippen LogP contribution in [0.4, 0.5) is 33.6 Å². The average molecular weight is 565 g/mol. The Kier molecular flexibility index (Phi) is 8.74. The van der Waals surface area contributed by atoms with E-state index in [9.17, 15) is 9.36 Å². The Bertz CT molecular complexity index is 1410. The number of hydrogen-bond acceptors (Lipinski definition) is 8. The van der Waals surface area contributed by atoms with E-state index in [-0.39, 0.29) is 12.1 Å². The highest BCUT2D eigenvalue weighted by atomic mass is 31.2. The van der Waals surface area contributed by atoms with Crippen LogP contribution in [0.3, 0.4) is 0 Å². The maximum absolute atomic E-state index is 12.8. The zero-order chi connectivity index (χ0) is 29.1. The van der Waals surface area contributed by atoms with Crippen LogP contribution in [-0.2, 0) is 9.30 Å². The van der Waals surface area contributed by atoms with Gasteiger partial charge in [-0.3, -0.25) is 0 Å². The highest BCUT2D eigenvalue weighted by Gasteiger charge is 2.24. The van der Waals surface area contributed by atoms with Crippen LogP contribution in [0.15, 0.2) is 48.7 Å². The number of benzene rings is 2. The molecule has 10 heteroatoms. The van der Waals surface area contributed by atoms with Gasteiger partial charge in [0.25, 0.3) is 0 Å². The molecule has 2 heterocycles. The summed E-state index contributed by atoms with van der Waals surface area (Å²) in [5.74, 6) is 1.14. The van der Waals surface area contributed by atoms with Gasteiger partial charge in [-0.2, -0.15) is 4.98 Å². The van der Waals surface area contributed by atoms with Gasteiger partial charge >= 0.3 is 6.09 Å². The van der Waals surface area contributed by atoms with Crippen LogP contribution in [-0.4, -0.2) is 54.1 Å². The fourth-order valence-electron chi connectivity index (χ4n) is 4.76. The van der Waals surface area contributed by atoms with Gasteiger partial charge < -0.3 is 30.2 Å². The minimum absolute atomic E-state index is 0.113. The minimum atomic E-state index is -2.46. The number of nitrogens with one attached hydrogen (secondary N) is 3. The molecule has 1 amide bonds. The third kappa shape index (κ3) is 7.75. The van der Waals surface area contributed by atoms with Gasteiger partial charge in [-0.25, -0.2) is 9.78 Å². The number of anilines is 5. The molecule has 1 saturated heterocycles. The summed E-state index contributed by atoms with van der Waals surface area (Å²) in [6.45, 7) is 14.9. The molecule has 0 unspecified atom stereocenters. The Morgan fingerprint density at radius 1 is 1.02 bits per heavy atom. The summed E-state index contributed by atoms with van der Waals surface area (Å²) in [5.41, 5.74) is 4.39. The van der Waals surface area contributed by atoms with Crippen LogP contribution in [0.5, 0.6) is 0 Å². The van der Waals surface area contributed by atoms with E-state index in [0.29, 0.717) is 11.8 Å². The number of aryl methyl sites for hydroxylation is 2. The van der Waals surface area contributed by atoms with Crippen LogP contribution in [0.2, 0.25) is 0 Å². The molecule has 4 rings (SSSR count). The molecule has 3 N–H and O–H groups in total. The van der Waals surface area contributed by atoms with Crippen molar-refractivity contribution in [3.63, 3.8) is 0 Å². The molecule has 0 bridgehead atoms. The van der Waals surface area contributed by atoms with E-state index in [2.05, 4.69) is 44.9 Å². The van der Waals surface area contributed by atoms with E-state index in [1.54, 1.807) is 19.5 Å². The quantitative estimate of drug-likeness (QED) is 0.286. The van der Waals surface area contributed by atoms with Gasteiger partial charge in [-0.15, -0.1) is 0 Å². The molecule has 0 atom stereocenters. The number of amides is 1. The molecule has 1 aromatic heterocycles. The summed E-state index contributed by atoms with van der Waals surface area (Å²) in [4.78, 5) is 23.7. The number of ether oxygens (including phenoxy) is 1. The van der Waals surface area contributed by atoms with Gasteiger partial charge in [-0.1, -0.05) is 12.1 Å². The molecular weight excluding hydrogens is 523 g/mol. The van der Waals surface area contributed by atoms with Gasteiger partial charge in [0, 0.05) is 47.6 Å². The Morgan fingerprint density at radius 3 is 2.38 bits per heavy atom. The van der Waals surface area contributed by atoms with E-state index in [1.807, 2.05) is 58.0 Å². The van der Waals surface area contributed by atoms with Crippen molar-refractivity contribution in [1.82, 2.24) is 15.3 Å². The van der Waals surface area contributed by atoms with Crippen molar-refractivity contribution in [2.24, 2.45) is 0 Å². The largest absolute Gasteiger partial charge is 0.444 e. The normalized spacial score (nSPS) is 14.5. The zero-order valence-corrected chi connectivity index (χ0v) is 25.4. The number of nitrogens with zero attached hydrogens (tertiary/aromatic N) is 3. The van der Waals surface area contributed by atoms with E-state index < -0.39 is 12.7 Å². The number of piperidine rings is 1. The molecule has 40 heavy (non-hydrogen) atoms. The number of carbonyl (C=O) groups is 1. The lowest BCUT2D eigenvalue weighted by Gasteiger charge is -2.35. The van der Waals surface area contributed by atoms with E-state index in [4.69, 9.17) is 9.72 Å². The first-order chi connectivity index (χ1) is 18.8. The molecule has 1 aliphatic rings. The fourth-order valence-corrected chi connectivity index (χ4v) is 5.92. The van der Waals surface area contributed by atoms with Gasteiger partial charge in [0.15, 0.2) is 0 Å². The topological polar surface area (TPSA) is 108 Å². The number of carbonyl (C=O) groups excluding carboxylic acids is 1. The molecule has 0 radical (unpaired) electrons. The molecule has 214 valence electrons. The standard InChI is InChI=1S/C30H41N6O3P/c1-20-18-23(12-13-25(20)36-16-14-22(15-17-36)33-29(37)39-30(3,4)5)32-28-31-19-21(2)27(35-28)34-24-10-8-9-11-26(24)40(6,7)38/h8-13,18-19,22H,14-17H2,1-7H3,(H,33,37)(H2,31,32,34,35). The maximum atomic E-state index is 12.8. The summed E-state index contributed by atoms with van der Waals surface area (Å²) in [5, 5.41) is 10.5. The molecule has 0 saturated carbocycles. The highest BCUT2D eigenvalue weighted by Crippen LogP contribution is 2.38. The minimum Gasteiger partial charge on any atom is -0.444 e. The zero-order valence-electron chi connectivity index (χ0n) is 24.5. The Morgan fingerprint density at radius 2 is 1.73 bits per heavy atom. The van der Waals surface area contributed by atoms with Crippen LogP contribution >= 0.6 is 7.14 Å². The van der Waals surface area contributed by atoms with E-state index in [1.165, 1.54) is 5.69 Å². The van der Waals surface area contributed by atoms with Crippen molar-refractivity contribution < 1.29 is 14.1 Å². The second kappa shape index (κ2) is 11.9. The molecule has 2 aromatic carbocycles. The Labute approximate surface area is 237 Å². The summed E-state index contributed by atoms with van der Waals surface area (Å²) in [7, 11) is -2.46. The predicted octanol–water partition coefficient (Wildman–Crippen LogP) is 6.32. The first kappa shape index (κ1) is 29.4. The SMILES string of the molecule is Cc1cc(Nc2ncc(C)c(Nc3ccccc3P(C)(C)=O)n2)ccc1N1CCC(NC(=O)OC(C)(C)C)CC1. The smallest absolute Gasteiger partial charge is 0.407 e. The maximum Gasteiger partial charge on any atom is 0.407 e. The van der Waals surface area contributed by atoms with Crippen molar-refractivity contribution in [2.45, 2.75) is 59.1 Å². The monoisotopic (exact) mass is 564 g/mol. The molecule has 0 spiro atoms. The van der Waals surface area contributed by atoms with Crippen molar-refractivity contribution in [3.05, 3.63) is 59.8 Å². The van der Waals surface area contributed by atoms with Crippen LogP contribution in [0, 0.1) is 13.8 Å². The third-order valence-electron chi connectivity index (χ3n) is 6.72. The summed E-state index contributed by atoms with van der Waals surface area (Å²) in [6, 6.07) is 14.0. The lowest BCUT2D eigenvalue weighted by Crippen LogP contribution is -2.46. The second-order valence-electron chi connectivity index (χ2n) is 11.8. The van der Waals surface area contributed by atoms with E-state index in [0.717, 1.165) is 53.7 Å². The van der Waals surface area contributed by atoms with Gasteiger partial charge in [0.1, 0.15) is 18.6 Å². The molecule has 3 aromatic rings. The molecular formula is C30H41N6O3P. The average Bonchev–Trinajstić information content (AvgIpc) is 2.85. The number of alkyl carbamates (subject to hydrolysis) is 1. The molecule has 9 nitrogen and oxygen atoms in total. The molecule has 0 aliphatic carbocycles. The first-order valence-corrected chi connectivity index (χ1v) is 16.3. The number of rotatable bonds is 7.